The van der Waals surface area contributed by atoms with Crippen molar-refractivity contribution in [2.24, 2.45) is 0 Å². The van der Waals surface area contributed by atoms with E-state index in [1.54, 1.807) is 36.5 Å². The Labute approximate surface area is 223 Å². The van der Waals surface area contributed by atoms with Crippen molar-refractivity contribution in [1.29, 1.82) is 5.41 Å². The number of nitrogens with zero attached hydrogens (tertiary/aromatic N) is 3. The second-order valence-corrected chi connectivity index (χ2v) is 10.1. The fourth-order valence-corrected chi connectivity index (χ4v) is 5.32. The number of hydrogen-bond acceptors (Lipinski definition) is 6. The van der Waals surface area contributed by atoms with Gasteiger partial charge in [0.05, 0.1) is 34.8 Å². The Bertz CT molecular complexity index is 1520. The summed E-state index contributed by atoms with van der Waals surface area (Å²) in [5.41, 5.74) is 3.71. The van der Waals surface area contributed by atoms with E-state index in [4.69, 9.17) is 44.9 Å². The molecule has 5 rings (SSSR count). The summed E-state index contributed by atoms with van der Waals surface area (Å²) in [6.45, 7) is 0.404. The molecule has 1 aliphatic rings. The van der Waals surface area contributed by atoms with Crippen LogP contribution in [0.2, 0.25) is 15.1 Å². The van der Waals surface area contributed by atoms with Crippen molar-refractivity contribution in [3.05, 3.63) is 81.1 Å². The Morgan fingerprint density at radius 2 is 1.78 bits per heavy atom. The molecule has 36 heavy (non-hydrogen) atoms. The minimum Gasteiger partial charge on any atom is -0.493 e. The highest BCUT2D eigenvalue weighted by Crippen LogP contribution is 2.39. The average Bonchev–Trinajstić information content (AvgIpc) is 2.85. The third-order valence-electron chi connectivity index (χ3n) is 6.19. The quantitative estimate of drug-likeness (QED) is 0.216. The maximum Gasteiger partial charge on any atom is 0.210 e. The molecule has 1 N–H and O–H groups in total. The van der Waals surface area contributed by atoms with Crippen molar-refractivity contribution in [2.75, 3.05) is 25.6 Å². The molecule has 0 saturated carbocycles. The standard InChI is InChI=1S/C27H21Cl3N4O2/c1-34(2)26-20-5-7-32-24(14-9-16(29)11-17(30)10-14)25(20)33-13-21(26)27(35)23(31)19-6-8-36-22-12-15(28)3-4-18(19)22/h3-5,7,9-13,19,31H,6,8H2,1-2H3/t19-/m0/s1. The zero-order valence-corrected chi connectivity index (χ0v) is 21.7. The molecule has 0 radical (unpaired) electrons. The van der Waals surface area contributed by atoms with Gasteiger partial charge in [-0.15, -0.1) is 0 Å². The van der Waals surface area contributed by atoms with E-state index >= 15 is 0 Å². The summed E-state index contributed by atoms with van der Waals surface area (Å²) in [5, 5.41) is 11.1. The molecule has 1 aliphatic heterocycles. The van der Waals surface area contributed by atoms with E-state index in [9.17, 15) is 4.79 Å². The first-order valence-electron chi connectivity index (χ1n) is 11.2. The summed E-state index contributed by atoms with van der Waals surface area (Å²) in [5.74, 6) is -0.174. The Morgan fingerprint density at radius 3 is 2.50 bits per heavy atom. The molecule has 3 heterocycles. The maximum atomic E-state index is 13.7. The van der Waals surface area contributed by atoms with Gasteiger partial charge >= 0.3 is 0 Å². The number of anilines is 1. The van der Waals surface area contributed by atoms with E-state index in [2.05, 4.69) is 9.97 Å². The van der Waals surface area contributed by atoms with Crippen LogP contribution < -0.4 is 9.64 Å². The van der Waals surface area contributed by atoms with Crippen LogP contribution in [0.15, 0.2) is 54.9 Å². The summed E-state index contributed by atoms with van der Waals surface area (Å²) < 4.78 is 5.72. The predicted octanol–water partition coefficient (Wildman–Crippen LogP) is 7.09. The number of carbonyl (C=O) groups is 1. The average molecular weight is 540 g/mol. The molecular formula is C27H21Cl3N4O2. The Hall–Kier alpha value is -3.19. The number of carbonyl (C=O) groups excluding carboxylic acids is 1. The van der Waals surface area contributed by atoms with Crippen molar-refractivity contribution in [1.82, 2.24) is 9.97 Å². The smallest absolute Gasteiger partial charge is 0.210 e. The molecule has 6 nitrogen and oxygen atoms in total. The topological polar surface area (TPSA) is 79.2 Å². The number of nitrogens with one attached hydrogen (secondary N) is 1. The van der Waals surface area contributed by atoms with E-state index in [0.29, 0.717) is 56.3 Å². The summed E-state index contributed by atoms with van der Waals surface area (Å²) in [4.78, 5) is 24.7. The van der Waals surface area contributed by atoms with Gasteiger partial charge in [-0.05, 0) is 42.8 Å². The zero-order chi connectivity index (χ0) is 25.6. The molecule has 9 heteroatoms. The van der Waals surface area contributed by atoms with Crippen molar-refractivity contribution in [2.45, 2.75) is 12.3 Å². The number of rotatable bonds is 5. The van der Waals surface area contributed by atoms with Gasteiger partial charge in [-0.1, -0.05) is 40.9 Å². The Balaban J connectivity index is 1.61. The second-order valence-electron chi connectivity index (χ2n) is 8.74. The first kappa shape index (κ1) is 24.5. The van der Waals surface area contributed by atoms with Crippen molar-refractivity contribution < 1.29 is 9.53 Å². The monoisotopic (exact) mass is 538 g/mol. The summed E-state index contributed by atoms with van der Waals surface area (Å²) in [6.07, 6.45) is 3.72. The molecule has 2 aromatic heterocycles. The van der Waals surface area contributed by atoms with Crippen molar-refractivity contribution in [3.63, 3.8) is 0 Å². The van der Waals surface area contributed by atoms with Gasteiger partial charge in [-0.25, -0.2) is 0 Å². The highest BCUT2D eigenvalue weighted by molar-refractivity contribution is 6.48. The molecule has 2 aromatic carbocycles. The first-order chi connectivity index (χ1) is 17.2. The molecule has 0 spiro atoms. The number of hydrogen-bond donors (Lipinski definition) is 1. The third kappa shape index (κ3) is 4.41. The van der Waals surface area contributed by atoms with Crippen LogP contribution in [0.25, 0.3) is 22.2 Å². The number of fused-ring (bicyclic) bond motifs is 2. The van der Waals surface area contributed by atoms with Crippen LogP contribution in [0, 0.1) is 5.41 Å². The Kier molecular flexibility index (Phi) is 6.60. The van der Waals surface area contributed by atoms with Gasteiger partial charge in [0.25, 0.3) is 0 Å². The number of halogens is 3. The molecule has 0 aliphatic carbocycles. The molecule has 0 unspecified atom stereocenters. The van der Waals surface area contributed by atoms with Gasteiger partial charge in [-0.3, -0.25) is 14.8 Å². The van der Waals surface area contributed by atoms with E-state index < -0.39 is 5.92 Å². The molecule has 182 valence electrons. The number of benzene rings is 2. The van der Waals surface area contributed by atoms with Crippen LogP contribution in [0.4, 0.5) is 5.69 Å². The van der Waals surface area contributed by atoms with E-state index in [1.165, 1.54) is 6.20 Å². The van der Waals surface area contributed by atoms with Crippen LogP contribution in [0.5, 0.6) is 5.75 Å². The van der Waals surface area contributed by atoms with Crippen LogP contribution in [0.3, 0.4) is 0 Å². The largest absolute Gasteiger partial charge is 0.493 e. The molecular weight excluding hydrogens is 519 g/mol. The van der Waals surface area contributed by atoms with Gasteiger partial charge in [0.1, 0.15) is 5.75 Å². The van der Waals surface area contributed by atoms with Crippen LogP contribution >= 0.6 is 34.8 Å². The van der Waals surface area contributed by atoms with Crippen LogP contribution in [-0.4, -0.2) is 42.2 Å². The molecule has 0 fully saturated rings. The number of ether oxygens (including phenoxy) is 1. The zero-order valence-electron chi connectivity index (χ0n) is 19.5. The second kappa shape index (κ2) is 9.69. The van der Waals surface area contributed by atoms with Gasteiger partial charge < -0.3 is 15.0 Å². The van der Waals surface area contributed by atoms with Crippen LogP contribution in [0.1, 0.15) is 28.3 Å². The minimum absolute atomic E-state index is 0.0120. The first-order valence-corrected chi connectivity index (χ1v) is 12.3. The SMILES string of the molecule is CN(C)c1c(C(=O)C(=N)[C@H]2CCOc3cc(Cl)ccc32)cnc2c(-c3cc(Cl)cc(Cl)c3)nccc12. The minimum atomic E-state index is -0.397. The number of aromatic nitrogens is 2. The van der Waals surface area contributed by atoms with Crippen molar-refractivity contribution in [3.8, 4) is 17.0 Å². The third-order valence-corrected chi connectivity index (χ3v) is 6.86. The van der Waals surface area contributed by atoms with Crippen molar-refractivity contribution >= 4 is 62.9 Å². The summed E-state index contributed by atoms with van der Waals surface area (Å²) in [6, 6.07) is 12.3. The number of Topliss-reactive ketones (excluding diaryl/α,β-unsaturated/α-hetero) is 1. The molecule has 0 amide bonds. The fourth-order valence-electron chi connectivity index (χ4n) is 4.63. The molecule has 0 saturated heterocycles. The highest BCUT2D eigenvalue weighted by atomic mass is 35.5. The van der Waals surface area contributed by atoms with E-state index in [1.807, 2.05) is 31.1 Å². The maximum absolute atomic E-state index is 13.7. The van der Waals surface area contributed by atoms with Gasteiger partial charge in [0.2, 0.25) is 5.78 Å². The van der Waals surface area contributed by atoms with Gasteiger partial charge in [0.15, 0.2) is 0 Å². The fraction of sp³-hybridized carbons (Fsp3) is 0.185. The molecule has 1 atom stereocenters. The number of pyridine rings is 2. The lowest BCUT2D eigenvalue weighted by Crippen LogP contribution is -2.28. The Morgan fingerprint density at radius 1 is 1.03 bits per heavy atom. The normalized spacial score (nSPS) is 14.8. The predicted molar refractivity (Wildman–Crippen MR) is 146 cm³/mol. The van der Waals surface area contributed by atoms with E-state index in [0.717, 1.165) is 16.5 Å². The number of ketones is 1. The summed E-state index contributed by atoms with van der Waals surface area (Å²) in [7, 11) is 3.72. The lowest BCUT2D eigenvalue weighted by Gasteiger charge is -2.27. The van der Waals surface area contributed by atoms with Gasteiger partial charge in [0, 0.05) is 64.0 Å². The lowest BCUT2D eigenvalue weighted by molar-refractivity contribution is 0.106. The summed E-state index contributed by atoms with van der Waals surface area (Å²) >= 11 is 18.6. The highest BCUT2D eigenvalue weighted by Gasteiger charge is 2.31. The molecule has 0 bridgehead atoms. The molecule has 4 aromatic rings. The van der Waals surface area contributed by atoms with E-state index in [-0.39, 0.29) is 11.5 Å². The van der Waals surface area contributed by atoms with Gasteiger partial charge in [-0.2, -0.15) is 0 Å². The lowest BCUT2D eigenvalue weighted by atomic mass is 9.85. The van der Waals surface area contributed by atoms with Crippen LogP contribution in [-0.2, 0) is 0 Å².